The Morgan fingerprint density at radius 3 is 2.58 bits per heavy atom. The standard InChI is InChI=1S/C17H28N2O4S/c1-4-22-16-9-8-15(11-17(16)23-5-2)24(20,21)19-10-6-7-14(13-19)12-18-3/h8-9,11,14,18H,4-7,10,12-13H2,1-3H3/t14-/m1/s1. The smallest absolute Gasteiger partial charge is 0.243 e. The molecule has 0 radical (unpaired) electrons. The van der Waals surface area contributed by atoms with Crippen LogP contribution in [0.2, 0.25) is 0 Å². The van der Waals surface area contributed by atoms with E-state index in [1.54, 1.807) is 22.5 Å². The first-order valence-corrected chi connectivity index (χ1v) is 10.0. The number of nitrogens with one attached hydrogen (secondary N) is 1. The average Bonchev–Trinajstić information content (AvgIpc) is 2.57. The average molecular weight is 356 g/mol. The number of hydrogen-bond acceptors (Lipinski definition) is 5. The normalized spacial score (nSPS) is 19.2. The molecule has 0 unspecified atom stereocenters. The zero-order valence-corrected chi connectivity index (χ0v) is 15.6. The van der Waals surface area contributed by atoms with Crippen LogP contribution in [0.4, 0.5) is 0 Å². The lowest BCUT2D eigenvalue weighted by Gasteiger charge is -2.32. The van der Waals surface area contributed by atoms with Gasteiger partial charge < -0.3 is 14.8 Å². The van der Waals surface area contributed by atoms with Gasteiger partial charge in [0.05, 0.1) is 18.1 Å². The lowest BCUT2D eigenvalue weighted by molar-refractivity contribution is 0.263. The van der Waals surface area contributed by atoms with Crippen LogP contribution in [0, 0.1) is 5.92 Å². The summed E-state index contributed by atoms with van der Waals surface area (Å²) < 4.78 is 38.6. The van der Waals surface area contributed by atoms with Crippen LogP contribution in [-0.2, 0) is 10.0 Å². The highest BCUT2D eigenvalue weighted by Gasteiger charge is 2.30. The van der Waals surface area contributed by atoms with Crippen molar-refractivity contribution in [1.82, 2.24) is 9.62 Å². The molecule has 7 heteroatoms. The van der Waals surface area contributed by atoms with Crippen molar-refractivity contribution >= 4 is 10.0 Å². The highest BCUT2D eigenvalue weighted by atomic mass is 32.2. The van der Waals surface area contributed by atoms with Crippen LogP contribution >= 0.6 is 0 Å². The Balaban J connectivity index is 2.26. The van der Waals surface area contributed by atoms with Gasteiger partial charge in [0.25, 0.3) is 0 Å². The minimum absolute atomic E-state index is 0.263. The Morgan fingerprint density at radius 1 is 1.21 bits per heavy atom. The van der Waals surface area contributed by atoms with E-state index in [0.717, 1.165) is 19.4 Å². The molecule has 0 amide bonds. The number of benzene rings is 1. The van der Waals surface area contributed by atoms with Crippen molar-refractivity contribution < 1.29 is 17.9 Å². The van der Waals surface area contributed by atoms with E-state index in [2.05, 4.69) is 5.32 Å². The summed E-state index contributed by atoms with van der Waals surface area (Å²) in [6.07, 6.45) is 1.95. The molecule has 0 saturated carbocycles. The summed E-state index contributed by atoms with van der Waals surface area (Å²) in [5.41, 5.74) is 0. The van der Waals surface area contributed by atoms with Crippen molar-refractivity contribution in [3.8, 4) is 11.5 Å². The highest BCUT2D eigenvalue weighted by Crippen LogP contribution is 2.32. The number of ether oxygens (including phenoxy) is 2. The largest absolute Gasteiger partial charge is 0.490 e. The van der Waals surface area contributed by atoms with E-state index in [1.165, 1.54) is 0 Å². The Labute approximate surface area is 145 Å². The van der Waals surface area contributed by atoms with E-state index in [1.807, 2.05) is 20.9 Å². The van der Waals surface area contributed by atoms with Gasteiger partial charge in [-0.1, -0.05) is 0 Å². The van der Waals surface area contributed by atoms with E-state index in [0.29, 0.717) is 43.7 Å². The fourth-order valence-corrected chi connectivity index (χ4v) is 4.61. The topological polar surface area (TPSA) is 67.9 Å². The molecule has 2 rings (SSSR count). The first-order chi connectivity index (χ1) is 11.5. The molecular formula is C17H28N2O4S. The Kier molecular flexibility index (Phi) is 6.89. The van der Waals surface area contributed by atoms with Crippen LogP contribution in [-0.4, -0.2) is 52.6 Å². The predicted molar refractivity (Wildman–Crippen MR) is 94.2 cm³/mol. The molecule has 1 atom stereocenters. The molecule has 1 heterocycles. The summed E-state index contributed by atoms with van der Waals surface area (Å²) in [6.45, 7) is 6.67. The van der Waals surface area contributed by atoms with Crippen molar-refractivity contribution in [2.75, 3.05) is 39.9 Å². The summed E-state index contributed by atoms with van der Waals surface area (Å²) >= 11 is 0. The van der Waals surface area contributed by atoms with Gasteiger partial charge in [-0.15, -0.1) is 0 Å². The fourth-order valence-electron chi connectivity index (χ4n) is 3.04. The van der Waals surface area contributed by atoms with Crippen LogP contribution in [0.15, 0.2) is 23.1 Å². The maximum absolute atomic E-state index is 13.0. The second kappa shape index (κ2) is 8.69. The third-order valence-corrected chi connectivity index (χ3v) is 5.99. The molecule has 1 aromatic rings. The molecule has 0 aromatic heterocycles. The number of sulfonamides is 1. The SMILES string of the molecule is CCOc1ccc(S(=O)(=O)N2CCC[C@H](CNC)C2)cc1OCC. The first kappa shape index (κ1) is 19.0. The van der Waals surface area contributed by atoms with Crippen molar-refractivity contribution in [2.24, 2.45) is 5.92 Å². The summed E-state index contributed by atoms with van der Waals surface area (Å²) in [5, 5.41) is 3.14. The fraction of sp³-hybridized carbons (Fsp3) is 0.647. The number of hydrogen-bond donors (Lipinski definition) is 1. The number of nitrogens with zero attached hydrogens (tertiary/aromatic N) is 1. The molecule has 6 nitrogen and oxygen atoms in total. The molecule has 1 aromatic carbocycles. The monoisotopic (exact) mass is 356 g/mol. The van der Waals surface area contributed by atoms with Gasteiger partial charge in [-0.2, -0.15) is 4.31 Å². The van der Waals surface area contributed by atoms with Gasteiger partial charge in [-0.05, 0) is 58.3 Å². The molecule has 0 spiro atoms. The van der Waals surface area contributed by atoms with Crippen molar-refractivity contribution in [1.29, 1.82) is 0 Å². The minimum atomic E-state index is -3.52. The molecular weight excluding hydrogens is 328 g/mol. The molecule has 1 saturated heterocycles. The molecule has 136 valence electrons. The van der Waals surface area contributed by atoms with Gasteiger partial charge in [-0.3, -0.25) is 0 Å². The summed E-state index contributed by atoms with van der Waals surface area (Å²) in [5.74, 6) is 1.40. The molecule has 0 aliphatic carbocycles. The van der Waals surface area contributed by atoms with Gasteiger partial charge in [0.2, 0.25) is 10.0 Å². The van der Waals surface area contributed by atoms with Gasteiger partial charge >= 0.3 is 0 Å². The second-order valence-electron chi connectivity index (χ2n) is 5.90. The van der Waals surface area contributed by atoms with E-state index < -0.39 is 10.0 Å². The van der Waals surface area contributed by atoms with Crippen LogP contribution < -0.4 is 14.8 Å². The lowest BCUT2D eigenvalue weighted by atomic mass is 10.00. The first-order valence-electron chi connectivity index (χ1n) is 8.57. The van der Waals surface area contributed by atoms with Crippen LogP contribution in [0.5, 0.6) is 11.5 Å². The van der Waals surface area contributed by atoms with Gasteiger partial charge in [-0.25, -0.2) is 8.42 Å². The van der Waals surface area contributed by atoms with Crippen molar-refractivity contribution in [3.63, 3.8) is 0 Å². The van der Waals surface area contributed by atoms with Gasteiger partial charge in [0.15, 0.2) is 11.5 Å². The maximum atomic E-state index is 13.0. The molecule has 0 bridgehead atoms. The van der Waals surface area contributed by atoms with Gasteiger partial charge in [0.1, 0.15) is 0 Å². The summed E-state index contributed by atoms with van der Waals surface area (Å²) in [4.78, 5) is 0.263. The van der Waals surface area contributed by atoms with E-state index in [4.69, 9.17) is 9.47 Å². The Bertz CT molecular complexity index is 631. The Hall–Kier alpha value is -1.31. The Morgan fingerprint density at radius 2 is 1.92 bits per heavy atom. The number of piperidine rings is 1. The quantitative estimate of drug-likeness (QED) is 0.773. The molecule has 1 fully saturated rings. The van der Waals surface area contributed by atoms with E-state index >= 15 is 0 Å². The van der Waals surface area contributed by atoms with Crippen molar-refractivity contribution in [2.45, 2.75) is 31.6 Å². The molecule has 1 aliphatic heterocycles. The van der Waals surface area contributed by atoms with Crippen LogP contribution in [0.25, 0.3) is 0 Å². The van der Waals surface area contributed by atoms with E-state index in [9.17, 15) is 8.42 Å². The third-order valence-electron chi connectivity index (χ3n) is 4.13. The van der Waals surface area contributed by atoms with E-state index in [-0.39, 0.29) is 4.90 Å². The maximum Gasteiger partial charge on any atom is 0.243 e. The van der Waals surface area contributed by atoms with Crippen LogP contribution in [0.3, 0.4) is 0 Å². The number of rotatable bonds is 8. The molecule has 1 N–H and O–H groups in total. The minimum Gasteiger partial charge on any atom is -0.490 e. The third kappa shape index (κ3) is 4.40. The highest BCUT2D eigenvalue weighted by molar-refractivity contribution is 7.89. The summed E-state index contributed by atoms with van der Waals surface area (Å²) in [6, 6.07) is 4.85. The van der Waals surface area contributed by atoms with Crippen molar-refractivity contribution in [3.05, 3.63) is 18.2 Å². The zero-order valence-electron chi connectivity index (χ0n) is 14.7. The van der Waals surface area contributed by atoms with Gasteiger partial charge in [0, 0.05) is 19.2 Å². The predicted octanol–water partition coefficient (Wildman–Crippen LogP) is 2.10. The zero-order chi connectivity index (χ0) is 17.6. The van der Waals surface area contributed by atoms with Crippen LogP contribution in [0.1, 0.15) is 26.7 Å². The molecule has 1 aliphatic rings. The lowest BCUT2D eigenvalue weighted by Crippen LogP contribution is -2.42. The second-order valence-corrected chi connectivity index (χ2v) is 7.84. The summed E-state index contributed by atoms with van der Waals surface area (Å²) in [7, 11) is -1.62. The molecule has 24 heavy (non-hydrogen) atoms.